The Bertz CT molecular complexity index is 611. The minimum absolute atomic E-state index is 0. The lowest BCUT2D eigenvalue weighted by atomic mass is 10.2. The summed E-state index contributed by atoms with van der Waals surface area (Å²) in [6.07, 6.45) is 2.42. The van der Waals surface area contributed by atoms with Crippen molar-refractivity contribution in [2.45, 2.75) is 25.8 Å². The molecule has 1 atom stereocenters. The van der Waals surface area contributed by atoms with Crippen LogP contribution in [0.4, 0.5) is 0 Å². The molecule has 0 saturated carbocycles. The van der Waals surface area contributed by atoms with Crippen LogP contribution in [0, 0.1) is 0 Å². The van der Waals surface area contributed by atoms with Crippen LogP contribution in [0.3, 0.4) is 0 Å². The van der Waals surface area contributed by atoms with E-state index in [4.69, 9.17) is 9.73 Å². The Morgan fingerprint density at radius 3 is 2.74 bits per heavy atom. The highest BCUT2D eigenvalue weighted by molar-refractivity contribution is 14.0. The topological polar surface area (TPSA) is 55.4 Å². The number of aliphatic imine (C=N–C) groups is 1. The van der Waals surface area contributed by atoms with Gasteiger partial charge in [-0.1, -0.05) is 6.07 Å². The molecule has 0 spiro atoms. The maximum absolute atomic E-state index is 5.56. The van der Waals surface area contributed by atoms with E-state index >= 15 is 0 Å². The van der Waals surface area contributed by atoms with E-state index in [1.54, 1.807) is 0 Å². The van der Waals surface area contributed by atoms with Gasteiger partial charge in [-0.05, 0) is 57.9 Å². The highest BCUT2D eigenvalue weighted by atomic mass is 127. The zero-order valence-corrected chi connectivity index (χ0v) is 22.4. The zero-order chi connectivity index (χ0) is 21.0. The summed E-state index contributed by atoms with van der Waals surface area (Å²) in [6, 6.07) is 4.71. The minimum atomic E-state index is 0. The van der Waals surface area contributed by atoms with Crippen LogP contribution in [0.15, 0.2) is 22.5 Å². The van der Waals surface area contributed by atoms with E-state index in [1.807, 2.05) is 11.3 Å². The average molecular weight is 565 g/mol. The predicted octanol–water partition coefficient (Wildman–Crippen LogP) is 2.32. The van der Waals surface area contributed by atoms with Crippen molar-refractivity contribution in [3.63, 3.8) is 0 Å². The molecule has 1 unspecified atom stereocenters. The number of likely N-dealkylation sites (N-methyl/N-ethyl adjacent to an activating group) is 1. The number of nitrogens with zero attached hydrogens (tertiary/aromatic N) is 4. The van der Waals surface area contributed by atoms with Gasteiger partial charge >= 0.3 is 0 Å². The van der Waals surface area contributed by atoms with Crippen LogP contribution in [-0.2, 0) is 4.74 Å². The molecule has 2 N–H and O–H groups in total. The normalized spacial score (nSPS) is 20.6. The first-order valence-electron chi connectivity index (χ1n) is 11.5. The van der Waals surface area contributed by atoms with Crippen molar-refractivity contribution in [1.82, 2.24) is 25.3 Å². The number of morpholine rings is 1. The van der Waals surface area contributed by atoms with E-state index in [0.29, 0.717) is 6.04 Å². The second-order valence-electron chi connectivity index (χ2n) is 8.18. The molecule has 1 aromatic heterocycles. The Kier molecular flexibility index (Phi) is 13.3. The quantitative estimate of drug-likeness (QED) is 0.208. The molecule has 0 aliphatic carbocycles. The first kappa shape index (κ1) is 26.8. The van der Waals surface area contributed by atoms with E-state index < -0.39 is 0 Å². The Labute approximate surface area is 209 Å². The van der Waals surface area contributed by atoms with Gasteiger partial charge in [0.25, 0.3) is 0 Å². The van der Waals surface area contributed by atoms with Crippen LogP contribution in [0.25, 0.3) is 0 Å². The number of halogens is 1. The van der Waals surface area contributed by atoms with Gasteiger partial charge in [0.2, 0.25) is 0 Å². The molecule has 0 bridgehead atoms. The van der Waals surface area contributed by atoms with Crippen LogP contribution in [0.1, 0.15) is 30.7 Å². The molecular weight excluding hydrogens is 523 g/mol. The standard InChI is InChI=1S/C22H40N6OS.HI/c1-3-23-22(24-8-5-10-27-11-6-9-26(2)12-13-27)25-19-20(21-7-4-18-30-21)28-14-16-29-17-15-28;/h4,7,18,20H,3,5-6,8-17,19H2,1-2H3,(H2,23,24,25);1H. The Balaban J connectivity index is 0.00000341. The summed E-state index contributed by atoms with van der Waals surface area (Å²) in [6.45, 7) is 14.3. The summed E-state index contributed by atoms with van der Waals surface area (Å²) in [5.41, 5.74) is 0. The third-order valence-electron chi connectivity index (χ3n) is 5.88. The van der Waals surface area contributed by atoms with Crippen LogP contribution < -0.4 is 10.6 Å². The fraction of sp³-hybridized carbons (Fsp3) is 0.773. The van der Waals surface area contributed by atoms with E-state index in [9.17, 15) is 0 Å². The lowest BCUT2D eigenvalue weighted by molar-refractivity contribution is 0.0186. The van der Waals surface area contributed by atoms with Gasteiger partial charge in [-0.15, -0.1) is 35.3 Å². The molecule has 31 heavy (non-hydrogen) atoms. The van der Waals surface area contributed by atoms with Crippen molar-refractivity contribution in [3.8, 4) is 0 Å². The Morgan fingerprint density at radius 2 is 2.00 bits per heavy atom. The molecule has 7 nitrogen and oxygen atoms in total. The fourth-order valence-corrected chi connectivity index (χ4v) is 4.96. The molecule has 3 rings (SSSR count). The van der Waals surface area contributed by atoms with Crippen molar-refractivity contribution in [3.05, 3.63) is 22.4 Å². The molecule has 2 fully saturated rings. The first-order valence-corrected chi connectivity index (χ1v) is 12.4. The van der Waals surface area contributed by atoms with Gasteiger partial charge in [0.1, 0.15) is 0 Å². The van der Waals surface area contributed by atoms with Gasteiger partial charge in [0.05, 0.1) is 25.8 Å². The highest BCUT2D eigenvalue weighted by Gasteiger charge is 2.23. The molecule has 2 saturated heterocycles. The second kappa shape index (κ2) is 15.4. The number of guanidine groups is 1. The molecule has 3 heterocycles. The van der Waals surface area contributed by atoms with E-state index in [1.165, 1.54) is 37.5 Å². The molecule has 0 aromatic carbocycles. The number of ether oxygens (including phenoxy) is 1. The fourth-order valence-electron chi connectivity index (χ4n) is 4.11. The average Bonchev–Trinajstić information content (AvgIpc) is 3.21. The molecule has 178 valence electrons. The van der Waals surface area contributed by atoms with E-state index in [2.05, 4.69) is 56.8 Å². The lowest BCUT2D eigenvalue weighted by Crippen LogP contribution is -2.42. The van der Waals surface area contributed by atoms with Gasteiger partial charge in [0.15, 0.2) is 5.96 Å². The van der Waals surface area contributed by atoms with Gasteiger partial charge in [-0.3, -0.25) is 9.89 Å². The summed E-state index contributed by atoms with van der Waals surface area (Å²) in [5.74, 6) is 0.933. The number of hydrogen-bond donors (Lipinski definition) is 2. The third kappa shape index (κ3) is 9.51. The van der Waals surface area contributed by atoms with Crippen molar-refractivity contribution in [2.75, 3.05) is 85.7 Å². The van der Waals surface area contributed by atoms with Crippen molar-refractivity contribution < 1.29 is 4.74 Å². The zero-order valence-electron chi connectivity index (χ0n) is 19.2. The Hall–Kier alpha value is -0.460. The summed E-state index contributed by atoms with van der Waals surface area (Å²) >= 11 is 1.83. The van der Waals surface area contributed by atoms with Gasteiger partial charge in [-0.25, -0.2) is 0 Å². The smallest absolute Gasteiger partial charge is 0.191 e. The highest BCUT2D eigenvalue weighted by Crippen LogP contribution is 2.26. The first-order chi connectivity index (χ1) is 14.8. The molecule has 9 heteroatoms. The summed E-state index contributed by atoms with van der Waals surface area (Å²) < 4.78 is 5.56. The summed E-state index contributed by atoms with van der Waals surface area (Å²) in [7, 11) is 2.23. The molecule has 2 aliphatic heterocycles. The van der Waals surface area contributed by atoms with Gasteiger partial charge in [-0.2, -0.15) is 0 Å². The number of nitrogens with one attached hydrogen (secondary N) is 2. The van der Waals surface area contributed by atoms with E-state index in [-0.39, 0.29) is 24.0 Å². The third-order valence-corrected chi connectivity index (χ3v) is 6.85. The van der Waals surface area contributed by atoms with Gasteiger partial charge in [0, 0.05) is 44.1 Å². The predicted molar refractivity (Wildman–Crippen MR) is 142 cm³/mol. The monoisotopic (exact) mass is 564 g/mol. The van der Waals surface area contributed by atoms with Crippen molar-refractivity contribution >= 4 is 41.3 Å². The SMILES string of the molecule is CCNC(=NCC(c1cccs1)N1CCOCC1)NCCCN1CCCN(C)CC1.I. The number of hydrogen-bond acceptors (Lipinski definition) is 6. The lowest BCUT2D eigenvalue weighted by Gasteiger charge is -2.33. The molecule has 0 radical (unpaired) electrons. The van der Waals surface area contributed by atoms with Gasteiger partial charge < -0.3 is 25.2 Å². The maximum Gasteiger partial charge on any atom is 0.191 e. The van der Waals surface area contributed by atoms with Crippen LogP contribution in [0.5, 0.6) is 0 Å². The molecular formula is C22H41IN6OS. The number of thiophene rings is 1. The van der Waals surface area contributed by atoms with E-state index in [0.717, 1.165) is 64.9 Å². The number of rotatable bonds is 9. The maximum atomic E-state index is 5.56. The largest absolute Gasteiger partial charge is 0.379 e. The minimum Gasteiger partial charge on any atom is -0.379 e. The van der Waals surface area contributed by atoms with Crippen LogP contribution in [-0.4, -0.2) is 106 Å². The van der Waals surface area contributed by atoms with Crippen molar-refractivity contribution in [2.24, 2.45) is 4.99 Å². The van der Waals surface area contributed by atoms with Crippen LogP contribution in [0.2, 0.25) is 0 Å². The molecule has 0 amide bonds. The summed E-state index contributed by atoms with van der Waals surface area (Å²) in [4.78, 5) is 13.9. The van der Waals surface area contributed by atoms with Crippen LogP contribution >= 0.6 is 35.3 Å². The Morgan fingerprint density at radius 1 is 1.16 bits per heavy atom. The second-order valence-corrected chi connectivity index (χ2v) is 9.16. The summed E-state index contributed by atoms with van der Waals surface area (Å²) in [5, 5.41) is 9.13. The molecule has 1 aromatic rings. The van der Waals surface area contributed by atoms with Crippen molar-refractivity contribution in [1.29, 1.82) is 0 Å². The molecule has 2 aliphatic rings.